The average Bonchev–Trinajstić information content (AvgIpc) is 3.13. The van der Waals surface area contributed by atoms with E-state index in [-0.39, 0.29) is 6.61 Å². The van der Waals surface area contributed by atoms with E-state index in [4.69, 9.17) is 5.11 Å². The van der Waals surface area contributed by atoms with Gasteiger partial charge >= 0.3 is 0 Å². The number of amidine groups is 1. The van der Waals surface area contributed by atoms with Crippen LogP contribution in [0.3, 0.4) is 0 Å². The summed E-state index contributed by atoms with van der Waals surface area (Å²) >= 11 is 0. The van der Waals surface area contributed by atoms with Crippen molar-refractivity contribution in [1.29, 1.82) is 0 Å². The van der Waals surface area contributed by atoms with E-state index in [9.17, 15) is 0 Å². The number of nitrogens with zero attached hydrogens (tertiary/aromatic N) is 2. The lowest BCUT2D eigenvalue weighted by Gasteiger charge is -2.19. The summed E-state index contributed by atoms with van der Waals surface area (Å²) < 4.78 is 0. The normalized spacial score (nSPS) is 14.4. The minimum Gasteiger partial charge on any atom is -0.396 e. The Morgan fingerprint density at radius 3 is 2.04 bits per heavy atom. The maximum atomic E-state index is 8.97. The smallest absolute Gasteiger partial charge is 0.0990 e. The molecule has 0 spiro atoms. The molecule has 1 aliphatic heterocycles. The van der Waals surface area contributed by atoms with Crippen molar-refractivity contribution in [2.45, 2.75) is 110 Å². The van der Waals surface area contributed by atoms with E-state index in [1.807, 2.05) is 0 Å². The number of aliphatic hydroxyl groups is 1. The molecule has 0 aromatic heterocycles. The maximum absolute atomic E-state index is 8.97. The monoisotopic (exact) mass is 378 g/mol. The van der Waals surface area contributed by atoms with Crippen LogP contribution in [0.5, 0.6) is 0 Å². The molecule has 27 heavy (non-hydrogen) atoms. The Balaban J connectivity index is 1.82. The van der Waals surface area contributed by atoms with Crippen molar-refractivity contribution in [3.05, 3.63) is 12.2 Å². The van der Waals surface area contributed by atoms with Crippen LogP contribution in [0.25, 0.3) is 0 Å². The molecule has 1 heterocycles. The van der Waals surface area contributed by atoms with Crippen molar-refractivity contribution >= 4 is 5.84 Å². The molecule has 0 radical (unpaired) electrons. The van der Waals surface area contributed by atoms with E-state index in [1.54, 1.807) is 0 Å². The Kier molecular flexibility index (Phi) is 16.6. The largest absolute Gasteiger partial charge is 0.396 e. The van der Waals surface area contributed by atoms with Crippen molar-refractivity contribution in [3.63, 3.8) is 0 Å². The Labute approximate surface area is 169 Å². The summed E-state index contributed by atoms with van der Waals surface area (Å²) in [6.07, 6.45) is 25.9. The first kappa shape index (κ1) is 24.2. The van der Waals surface area contributed by atoms with Crippen LogP contribution in [0.2, 0.25) is 0 Å². The van der Waals surface area contributed by atoms with Crippen molar-refractivity contribution in [1.82, 2.24) is 4.90 Å². The molecule has 3 nitrogen and oxygen atoms in total. The molecule has 158 valence electrons. The summed E-state index contributed by atoms with van der Waals surface area (Å²) in [6, 6.07) is 0. The molecule has 0 saturated heterocycles. The van der Waals surface area contributed by atoms with Crippen molar-refractivity contribution in [3.8, 4) is 0 Å². The summed E-state index contributed by atoms with van der Waals surface area (Å²) in [4.78, 5) is 7.00. The molecular formula is C24H46N2O. The zero-order valence-electron chi connectivity index (χ0n) is 18.1. The first-order chi connectivity index (χ1) is 13.4. The highest BCUT2D eigenvalue weighted by Crippen LogP contribution is 2.13. The molecule has 1 rings (SSSR count). The average molecular weight is 379 g/mol. The number of hydrogen-bond donors (Lipinski definition) is 1. The van der Waals surface area contributed by atoms with Crippen LogP contribution in [0, 0.1) is 0 Å². The SMILES string of the molecule is CCCCCCCCC=CCCCCCCCCC1=NCCN1CCCO. The molecule has 0 amide bonds. The molecule has 3 heteroatoms. The van der Waals surface area contributed by atoms with Gasteiger partial charge in [0, 0.05) is 26.1 Å². The first-order valence-corrected chi connectivity index (χ1v) is 11.9. The second-order valence-corrected chi connectivity index (χ2v) is 8.05. The Hall–Kier alpha value is -0.830. The van der Waals surface area contributed by atoms with Crippen LogP contribution in [0.4, 0.5) is 0 Å². The molecule has 0 unspecified atom stereocenters. The molecule has 0 aliphatic carbocycles. The van der Waals surface area contributed by atoms with Gasteiger partial charge in [0.15, 0.2) is 0 Å². The topological polar surface area (TPSA) is 35.8 Å². The number of aliphatic hydroxyl groups excluding tert-OH is 1. The van der Waals surface area contributed by atoms with Gasteiger partial charge in [-0.2, -0.15) is 0 Å². The summed E-state index contributed by atoms with van der Waals surface area (Å²) in [5.41, 5.74) is 0. The van der Waals surface area contributed by atoms with Crippen LogP contribution < -0.4 is 0 Å². The highest BCUT2D eigenvalue weighted by atomic mass is 16.3. The highest BCUT2D eigenvalue weighted by molar-refractivity contribution is 5.83. The van der Waals surface area contributed by atoms with Crippen LogP contribution in [-0.4, -0.2) is 42.1 Å². The lowest BCUT2D eigenvalue weighted by atomic mass is 10.1. The van der Waals surface area contributed by atoms with E-state index < -0.39 is 0 Å². The predicted octanol–water partition coefficient (Wildman–Crippen LogP) is 6.51. The van der Waals surface area contributed by atoms with Gasteiger partial charge in [-0.25, -0.2) is 0 Å². The minimum atomic E-state index is 0.290. The predicted molar refractivity (Wildman–Crippen MR) is 120 cm³/mol. The van der Waals surface area contributed by atoms with Gasteiger partial charge in [0.1, 0.15) is 0 Å². The van der Waals surface area contributed by atoms with Gasteiger partial charge in [0.05, 0.1) is 12.4 Å². The van der Waals surface area contributed by atoms with Gasteiger partial charge in [0.25, 0.3) is 0 Å². The quantitative estimate of drug-likeness (QED) is 0.205. The van der Waals surface area contributed by atoms with Gasteiger partial charge in [-0.05, 0) is 38.5 Å². The Morgan fingerprint density at radius 2 is 1.41 bits per heavy atom. The zero-order valence-corrected chi connectivity index (χ0v) is 18.1. The fourth-order valence-electron chi connectivity index (χ4n) is 3.80. The number of rotatable bonds is 19. The van der Waals surface area contributed by atoms with Gasteiger partial charge < -0.3 is 10.0 Å². The molecule has 0 atom stereocenters. The summed E-state index contributed by atoms with van der Waals surface area (Å²) in [5.74, 6) is 1.29. The number of unbranched alkanes of at least 4 members (excludes halogenated alkanes) is 12. The highest BCUT2D eigenvalue weighted by Gasteiger charge is 2.15. The fourth-order valence-corrected chi connectivity index (χ4v) is 3.80. The second-order valence-electron chi connectivity index (χ2n) is 8.05. The van der Waals surface area contributed by atoms with Crippen molar-refractivity contribution in [2.24, 2.45) is 4.99 Å². The summed E-state index contributed by atoms with van der Waals surface area (Å²) in [5, 5.41) is 8.97. The molecule has 0 aromatic rings. The van der Waals surface area contributed by atoms with Gasteiger partial charge in [0.2, 0.25) is 0 Å². The lowest BCUT2D eigenvalue weighted by molar-refractivity contribution is 0.269. The van der Waals surface area contributed by atoms with E-state index in [1.165, 1.54) is 95.7 Å². The van der Waals surface area contributed by atoms with Crippen molar-refractivity contribution < 1.29 is 5.11 Å². The van der Waals surface area contributed by atoms with Gasteiger partial charge in [-0.15, -0.1) is 0 Å². The zero-order chi connectivity index (χ0) is 19.4. The molecule has 0 aromatic carbocycles. The second kappa shape index (κ2) is 18.5. The van der Waals surface area contributed by atoms with E-state index in [0.717, 1.165) is 32.5 Å². The minimum absolute atomic E-state index is 0.290. The lowest BCUT2D eigenvalue weighted by Crippen LogP contribution is -2.29. The summed E-state index contributed by atoms with van der Waals surface area (Å²) in [6.45, 7) is 5.55. The molecule has 1 N–H and O–H groups in total. The molecule has 0 fully saturated rings. The van der Waals surface area contributed by atoms with Gasteiger partial charge in [-0.3, -0.25) is 4.99 Å². The molecular weight excluding hydrogens is 332 g/mol. The van der Waals surface area contributed by atoms with Crippen LogP contribution in [-0.2, 0) is 0 Å². The van der Waals surface area contributed by atoms with E-state index >= 15 is 0 Å². The van der Waals surface area contributed by atoms with E-state index in [2.05, 4.69) is 29.0 Å². The third-order valence-electron chi connectivity index (χ3n) is 5.53. The van der Waals surface area contributed by atoms with Crippen molar-refractivity contribution in [2.75, 3.05) is 26.2 Å². The first-order valence-electron chi connectivity index (χ1n) is 11.9. The Bertz CT molecular complexity index is 379. The van der Waals surface area contributed by atoms with Crippen LogP contribution >= 0.6 is 0 Å². The Morgan fingerprint density at radius 1 is 0.815 bits per heavy atom. The third-order valence-corrected chi connectivity index (χ3v) is 5.53. The number of hydrogen-bond acceptors (Lipinski definition) is 3. The molecule has 1 aliphatic rings. The van der Waals surface area contributed by atoms with E-state index in [0.29, 0.717) is 0 Å². The fraction of sp³-hybridized carbons (Fsp3) is 0.875. The number of allylic oxidation sites excluding steroid dienone is 2. The van der Waals surface area contributed by atoms with Crippen LogP contribution in [0.15, 0.2) is 17.1 Å². The molecule has 0 saturated carbocycles. The third kappa shape index (κ3) is 13.9. The maximum Gasteiger partial charge on any atom is 0.0990 e. The summed E-state index contributed by atoms with van der Waals surface area (Å²) in [7, 11) is 0. The molecule has 0 bridgehead atoms. The van der Waals surface area contributed by atoms with Gasteiger partial charge in [-0.1, -0.05) is 76.9 Å². The standard InChI is InChI=1S/C24H46N2O/c1-2-3-4-5-6-7-8-9-10-11-12-13-14-15-16-17-19-24-25-20-22-26(24)21-18-23-27/h9-10,27H,2-8,11-23H2,1H3. The van der Waals surface area contributed by atoms with Crippen LogP contribution in [0.1, 0.15) is 110 Å². The number of aliphatic imine (C=N–C) groups is 1.